The zero-order valence-electron chi connectivity index (χ0n) is 10.5. The fourth-order valence-electron chi connectivity index (χ4n) is 2.44. The van der Waals surface area contributed by atoms with Crippen LogP contribution in [0.1, 0.15) is 36.0 Å². The molecule has 1 aliphatic rings. The van der Waals surface area contributed by atoms with Gasteiger partial charge < -0.3 is 5.32 Å². The quantitative estimate of drug-likeness (QED) is 0.861. The summed E-state index contributed by atoms with van der Waals surface area (Å²) in [5, 5.41) is 10.7. The summed E-state index contributed by atoms with van der Waals surface area (Å²) in [5.74, 6) is 0.216. The average Bonchev–Trinajstić information content (AvgIpc) is 2.88. The van der Waals surface area contributed by atoms with Crippen LogP contribution in [0.25, 0.3) is 10.9 Å². The minimum Gasteiger partial charge on any atom is -0.349 e. The number of carbonyl (C=O) groups is 2. The lowest BCUT2D eigenvalue weighted by atomic mass is 9.94. The van der Waals surface area contributed by atoms with Gasteiger partial charge in [-0.3, -0.25) is 14.7 Å². The summed E-state index contributed by atoms with van der Waals surface area (Å²) in [7, 11) is 0. The minimum absolute atomic E-state index is 0.0811. The third-order valence-corrected chi connectivity index (χ3v) is 3.58. The van der Waals surface area contributed by atoms with Crippen LogP contribution in [-0.2, 0) is 4.79 Å². The predicted molar refractivity (Wildman–Crippen MR) is 70.8 cm³/mol. The van der Waals surface area contributed by atoms with Crippen molar-refractivity contribution in [2.24, 2.45) is 0 Å². The maximum atomic E-state index is 12.1. The van der Waals surface area contributed by atoms with Crippen molar-refractivity contribution < 1.29 is 9.59 Å². The summed E-state index contributed by atoms with van der Waals surface area (Å²) in [4.78, 5) is 23.3. The summed E-state index contributed by atoms with van der Waals surface area (Å²) in [6, 6.07) is 5.57. The maximum absolute atomic E-state index is 12.1. The number of hydrogen-bond acceptors (Lipinski definition) is 3. The van der Waals surface area contributed by atoms with Gasteiger partial charge in [-0.05, 0) is 31.0 Å². The third-order valence-electron chi connectivity index (χ3n) is 3.58. The molecular formula is C14H15N3O2. The number of amides is 1. The second-order valence-corrected chi connectivity index (χ2v) is 4.96. The predicted octanol–water partition coefficient (Wildman–Crippen LogP) is 1.80. The molecule has 1 heterocycles. The first kappa shape index (κ1) is 11.9. The van der Waals surface area contributed by atoms with Crippen LogP contribution in [0.5, 0.6) is 0 Å². The van der Waals surface area contributed by atoms with E-state index in [9.17, 15) is 9.59 Å². The van der Waals surface area contributed by atoms with Crippen molar-refractivity contribution in [3.05, 3.63) is 30.0 Å². The second kappa shape index (κ2) is 4.84. The van der Waals surface area contributed by atoms with E-state index in [2.05, 4.69) is 15.5 Å². The van der Waals surface area contributed by atoms with Crippen LogP contribution in [0.3, 0.4) is 0 Å². The van der Waals surface area contributed by atoms with Crippen molar-refractivity contribution in [2.45, 2.75) is 31.7 Å². The SMILES string of the molecule is O=C1CCC(NC(=O)c2ccc3[nH]ncc3c2)CC1. The third kappa shape index (κ3) is 2.50. The molecular weight excluding hydrogens is 242 g/mol. The molecule has 98 valence electrons. The molecule has 3 rings (SSSR count). The zero-order valence-corrected chi connectivity index (χ0v) is 10.5. The monoisotopic (exact) mass is 257 g/mol. The summed E-state index contributed by atoms with van der Waals surface area (Å²) in [6.07, 6.45) is 4.35. The van der Waals surface area contributed by atoms with Crippen LogP contribution in [0.15, 0.2) is 24.4 Å². The van der Waals surface area contributed by atoms with Crippen LogP contribution in [0.2, 0.25) is 0 Å². The van der Waals surface area contributed by atoms with E-state index < -0.39 is 0 Å². The Labute approximate surface area is 110 Å². The van der Waals surface area contributed by atoms with E-state index >= 15 is 0 Å². The van der Waals surface area contributed by atoms with E-state index in [0.717, 1.165) is 23.7 Å². The molecule has 0 unspecified atom stereocenters. The number of ketones is 1. The first-order valence-electron chi connectivity index (χ1n) is 6.48. The highest BCUT2D eigenvalue weighted by Crippen LogP contribution is 2.17. The average molecular weight is 257 g/mol. The number of carbonyl (C=O) groups excluding carboxylic acids is 2. The number of rotatable bonds is 2. The van der Waals surface area contributed by atoms with Crippen LogP contribution < -0.4 is 5.32 Å². The molecule has 0 saturated heterocycles. The van der Waals surface area contributed by atoms with Crippen molar-refractivity contribution in [2.75, 3.05) is 0 Å². The molecule has 1 saturated carbocycles. The Hall–Kier alpha value is -2.17. The van der Waals surface area contributed by atoms with Gasteiger partial charge in [0.15, 0.2) is 0 Å². The number of aromatic amines is 1. The zero-order chi connectivity index (χ0) is 13.2. The number of nitrogens with zero attached hydrogens (tertiary/aromatic N) is 1. The van der Waals surface area contributed by atoms with Crippen LogP contribution in [-0.4, -0.2) is 27.9 Å². The number of nitrogens with one attached hydrogen (secondary N) is 2. The smallest absolute Gasteiger partial charge is 0.251 e. The van der Waals surface area contributed by atoms with Gasteiger partial charge in [0, 0.05) is 29.8 Å². The number of Topliss-reactive ketones (excluding diaryl/α,β-unsaturated/α-hetero) is 1. The molecule has 1 aliphatic carbocycles. The van der Waals surface area contributed by atoms with Crippen LogP contribution in [0.4, 0.5) is 0 Å². The van der Waals surface area contributed by atoms with Gasteiger partial charge in [-0.25, -0.2) is 0 Å². The van der Waals surface area contributed by atoms with Crippen molar-refractivity contribution in [3.8, 4) is 0 Å². The number of aromatic nitrogens is 2. The molecule has 0 atom stereocenters. The molecule has 5 heteroatoms. The molecule has 2 N–H and O–H groups in total. The molecule has 2 aromatic rings. The van der Waals surface area contributed by atoms with Crippen LogP contribution in [0, 0.1) is 0 Å². The van der Waals surface area contributed by atoms with E-state index in [1.165, 1.54) is 0 Å². The highest BCUT2D eigenvalue weighted by Gasteiger charge is 2.20. The fraction of sp³-hybridized carbons (Fsp3) is 0.357. The van der Waals surface area contributed by atoms with Gasteiger partial charge in [-0.15, -0.1) is 0 Å². The molecule has 1 fully saturated rings. The first-order chi connectivity index (χ1) is 9.22. The van der Waals surface area contributed by atoms with E-state index in [1.54, 1.807) is 12.3 Å². The van der Waals surface area contributed by atoms with Gasteiger partial charge in [0.25, 0.3) is 5.91 Å². The Bertz CT molecular complexity index is 622. The Balaban J connectivity index is 1.71. The molecule has 0 bridgehead atoms. The Morgan fingerprint density at radius 2 is 2.11 bits per heavy atom. The topological polar surface area (TPSA) is 74.8 Å². The Morgan fingerprint density at radius 3 is 2.89 bits per heavy atom. The first-order valence-corrected chi connectivity index (χ1v) is 6.48. The lowest BCUT2D eigenvalue weighted by molar-refractivity contribution is -0.120. The van der Waals surface area contributed by atoms with E-state index in [-0.39, 0.29) is 11.9 Å². The van der Waals surface area contributed by atoms with Gasteiger partial charge >= 0.3 is 0 Å². The molecule has 5 nitrogen and oxygen atoms in total. The number of fused-ring (bicyclic) bond motifs is 1. The molecule has 0 spiro atoms. The summed E-state index contributed by atoms with van der Waals surface area (Å²) in [5.41, 5.74) is 1.55. The maximum Gasteiger partial charge on any atom is 0.251 e. The lowest BCUT2D eigenvalue weighted by Crippen LogP contribution is -2.37. The molecule has 1 aromatic carbocycles. The summed E-state index contributed by atoms with van der Waals surface area (Å²) in [6.45, 7) is 0. The van der Waals surface area contributed by atoms with Crippen molar-refractivity contribution in [1.82, 2.24) is 15.5 Å². The lowest BCUT2D eigenvalue weighted by Gasteiger charge is -2.22. The van der Waals surface area contributed by atoms with Gasteiger partial charge in [-0.2, -0.15) is 5.10 Å². The number of H-pyrrole nitrogens is 1. The van der Waals surface area contributed by atoms with E-state index in [1.807, 2.05) is 12.1 Å². The van der Waals surface area contributed by atoms with Gasteiger partial charge in [0.2, 0.25) is 0 Å². The van der Waals surface area contributed by atoms with Crippen LogP contribution >= 0.6 is 0 Å². The molecule has 0 radical (unpaired) electrons. The molecule has 0 aliphatic heterocycles. The number of hydrogen-bond donors (Lipinski definition) is 2. The number of benzene rings is 1. The van der Waals surface area contributed by atoms with Gasteiger partial charge in [-0.1, -0.05) is 0 Å². The minimum atomic E-state index is -0.0811. The summed E-state index contributed by atoms with van der Waals surface area (Å²) < 4.78 is 0. The molecule has 19 heavy (non-hydrogen) atoms. The van der Waals surface area contributed by atoms with Gasteiger partial charge in [0.1, 0.15) is 5.78 Å². The normalized spacial score (nSPS) is 16.7. The molecule has 1 amide bonds. The summed E-state index contributed by atoms with van der Waals surface area (Å²) >= 11 is 0. The second-order valence-electron chi connectivity index (χ2n) is 4.96. The Morgan fingerprint density at radius 1 is 1.32 bits per heavy atom. The van der Waals surface area contributed by atoms with Crippen molar-refractivity contribution >= 4 is 22.6 Å². The largest absolute Gasteiger partial charge is 0.349 e. The fourth-order valence-corrected chi connectivity index (χ4v) is 2.44. The van der Waals surface area contributed by atoms with E-state index in [4.69, 9.17) is 0 Å². The van der Waals surface area contributed by atoms with Crippen molar-refractivity contribution in [3.63, 3.8) is 0 Å². The van der Waals surface area contributed by atoms with Gasteiger partial charge in [0.05, 0.1) is 11.7 Å². The Kier molecular flexibility index (Phi) is 3.03. The van der Waals surface area contributed by atoms with Crippen molar-refractivity contribution in [1.29, 1.82) is 0 Å². The highest BCUT2D eigenvalue weighted by molar-refractivity contribution is 5.98. The van der Waals surface area contributed by atoms with E-state index in [0.29, 0.717) is 24.2 Å². The standard InChI is InChI=1S/C14H15N3O2/c18-12-4-2-11(3-5-12)16-14(19)9-1-6-13-10(7-9)8-15-17-13/h1,6-8,11H,2-5H2,(H,15,17)(H,16,19). The molecule has 1 aromatic heterocycles. The highest BCUT2D eigenvalue weighted by atomic mass is 16.1.